The zero-order chi connectivity index (χ0) is 41.4. The van der Waals surface area contributed by atoms with Crippen molar-refractivity contribution < 1.29 is 53.2 Å². The minimum absolute atomic E-state index is 0.112. The second kappa shape index (κ2) is 26.9. The van der Waals surface area contributed by atoms with Crippen LogP contribution >= 0.6 is 0 Å². The SMILES string of the molecule is C[C@H](N)C(=O)OC(=O)[C@@H](N)[C@@H](C)OC(=O)[C@@H]1CCCN1.N=C(N)NCCC[C@H](N)C(=O)O.NCCCC[C@H](N)C(=O)Oc1ccc(C[C@H](N)C(=O)O)cc1. The maximum Gasteiger partial charge on any atom is 0.334 e. The molecule has 0 saturated carbocycles. The molecule has 1 aromatic carbocycles. The van der Waals surface area contributed by atoms with Gasteiger partial charge in [-0.15, -0.1) is 0 Å². The van der Waals surface area contributed by atoms with Gasteiger partial charge in [0.2, 0.25) is 0 Å². The summed E-state index contributed by atoms with van der Waals surface area (Å²) in [6, 6.07) is 1.55. The van der Waals surface area contributed by atoms with Crippen molar-refractivity contribution in [1.82, 2.24) is 10.6 Å². The summed E-state index contributed by atoms with van der Waals surface area (Å²) >= 11 is 0. The zero-order valence-corrected chi connectivity index (χ0v) is 30.7. The van der Waals surface area contributed by atoms with Gasteiger partial charge in [-0.2, -0.15) is 0 Å². The van der Waals surface area contributed by atoms with Gasteiger partial charge in [-0.05, 0) is 89.6 Å². The molecule has 1 fully saturated rings. The number of unbranched alkanes of at least 4 members (excludes halogenated alkanes) is 1. The maximum absolute atomic E-state index is 11.8. The molecule has 306 valence electrons. The number of rotatable bonds is 19. The molecule has 1 aromatic rings. The van der Waals surface area contributed by atoms with E-state index in [1.54, 1.807) is 24.3 Å². The van der Waals surface area contributed by atoms with Gasteiger partial charge < -0.3 is 75.2 Å². The van der Waals surface area contributed by atoms with Crippen LogP contribution in [0.1, 0.15) is 64.4 Å². The summed E-state index contributed by atoms with van der Waals surface area (Å²) in [5.41, 5.74) is 38.4. The third-order valence-corrected chi connectivity index (χ3v) is 7.51. The zero-order valence-electron chi connectivity index (χ0n) is 30.7. The summed E-state index contributed by atoms with van der Waals surface area (Å²) in [5, 5.41) is 29.4. The molecule has 19 N–H and O–H groups in total. The maximum atomic E-state index is 11.8. The fraction of sp³-hybridized carbons (Fsp3) is 0.606. The molecule has 1 aliphatic heterocycles. The summed E-state index contributed by atoms with van der Waals surface area (Å²) in [6.45, 7) is 4.66. The number of carbonyl (C=O) groups is 6. The van der Waals surface area contributed by atoms with Gasteiger partial charge in [-0.1, -0.05) is 18.6 Å². The Morgan fingerprint density at radius 2 is 1.46 bits per heavy atom. The molecule has 1 saturated heterocycles. The van der Waals surface area contributed by atoms with Gasteiger partial charge in [0.15, 0.2) is 5.96 Å². The van der Waals surface area contributed by atoms with Crippen LogP contribution < -0.4 is 55.5 Å². The van der Waals surface area contributed by atoms with E-state index >= 15 is 0 Å². The minimum atomic E-state index is -1.23. The molecule has 21 nitrogen and oxygen atoms in total. The van der Waals surface area contributed by atoms with Crippen LogP contribution in [0.25, 0.3) is 0 Å². The van der Waals surface area contributed by atoms with Crippen LogP contribution in [0.15, 0.2) is 24.3 Å². The molecular weight excluding hydrogens is 712 g/mol. The van der Waals surface area contributed by atoms with E-state index < -0.39 is 72.1 Å². The molecule has 0 amide bonds. The average Bonchev–Trinajstić information content (AvgIpc) is 3.66. The van der Waals surface area contributed by atoms with E-state index in [-0.39, 0.29) is 18.4 Å². The number of benzene rings is 1. The molecule has 0 spiro atoms. The van der Waals surface area contributed by atoms with Crippen molar-refractivity contribution in [3.05, 3.63) is 29.8 Å². The largest absolute Gasteiger partial charge is 0.480 e. The van der Waals surface area contributed by atoms with Gasteiger partial charge in [0, 0.05) is 6.54 Å². The van der Waals surface area contributed by atoms with E-state index in [0.29, 0.717) is 44.5 Å². The van der Waals surface area contributed by atoms with Gasteiger partial charge in [0.05, 0.1) is 0 Å². The van der Waals surface area contributed by atoms with Crippen LogP contribution in [0.2, 0.25) is 0 Å². The highest BCUT2D eigenvalue weighted by atomic mass is 16.6. The average molecular weight is 771 g/mol. The first-order valence-electron chi connectivity index (χ1n) is 17.3. The number of hydrogen-bond acceptors (Lipinski definition) is 17. The quantitative estimate of drug-likeness (QED) is 0.0167. The molecule has 0 aromatic heterocycles. The number of nitrogens with one attached hydrogen (secondary N) is 3. The molecule has 54 heavy (non-hydrogen) atoms. The number of aliphatic carboxylic acids is 2. The lowest BCUT2D eigenvalue weighted by Crippen LogP contribution is -2.47. The third kappa shape index (κ3) is 21.7. The highest BCUT2D eigenvalue weighted by Crippen LogP contribution is 2.15. The molecule has 21 heteroatoms. The first kappa shape index (κ1) is 49.2. The van der Waals surface area contributed by atoms with Crippen molar-refractivity contribution in [2.45, 2.75) is 108 Å². The number of carboxylic acid groups (broad SMARTS) is 2. The predicted octanol–water partition coefficient (Wildman–Crippen LogP) is -2.92. The monoisotopic (exact) mass is 770 g/mol. The number of esters is 4. The van der Waals surface area contributed by atoms with Crippen molar-refractivity contribution in [1.29, 1.82) is 5.41 Å². The van der Waals surface area contributed by atoms with Crippen molar-refractivity contribution >= 4 is 41.8 Å². The Balaban J connectivity index is 0.000000815. The molecule has 0 bridgehead atoms. The second-order valence-electron chi connectivity index (χ2n) is 12.4. The predicted molar refractivity (Wildman–Crippen MR) is 196 cm³/mol. The minimum Gasteiger partial charge on any atom is -0.480 e. The molecule has 1 heterocycles. The van der Waals surface area contributed by atoms with Crippen LogP contribution in [0.4, 0.5) is 0 Å². The highest BCUT2D eigenvalue weighted by Gasteiger charge is 2.31. The van der Waals surface area contributed by atoms with Gasteiger partial charge >= 0.3 is 35.8 Å². The molecule has 0 aliphatic carbocycles. The van der Waals surface area contributed by atoms with Crippen molar-refractivity contribution in [2.75, 3.05) is 19.6 Å². The van der Waals surface area contributed by atoms with Gasteiger partial charge in [-0.25, -0.2) is 14.4 Å². The Morgan fingerprint density at radius 3 is 1.96 bits per heavy atom. The van der Waals surface area contributed by atoms with Gasteiger partial charge in [0.1, 0.15) is 48.1 Å². The second-order valence-corrected chi connectivity index (χ2v) is 12.4. The smallest absolute Gasteiger partial charge is 0.334 e. The van der Waals surface area contributed by atoms with Crippen LogP contribution in [0.5, 0.6) is 5.75 Å². The molecule has 0 unspecified atom stereocenters. The number of guanidine groups is 1. The normalized spacial score (nSPS) is 16.6. The van der Waals surface area contributed by atoms with E-state index in [0.717, 1.165) is 31.4 Å². The summed E-state index contributed by atoms with van der Waals surface area (Å²) in [4.78, 5) is 67.2. The highest BCUT2D eigenvalue weighted by molar-refractivity contribution is 5.91. The van der Waals surface area contributed by atoms with Crippen LogP contribution in [-0.4, -0.2) is 114 Å². The van der Waals surface area contributed by atoms with Gasteiger partial charge in [0.25, 0.3) is 0 Å². The lowest BCUT2D eigenvalue weighted by Gasteiger charge is -2.20. The molecular formula is C33H58N10O11. The van der Waals surface area contributed by atoms with E-state index in [1.165, 1.54) is 13.8 Å². The standard InChI is InChI=1S/C15H23N3O4.C12H21N3O5.C6H14N4O2/c16-8-2-1-3-12(17)15(21)22-11-6-4-10(5-7-11)9-13(18)14(19)20;1-6(13)10(16)20-12(18)9(14)7(2)19-11(17)8-4-3-5-15-8;7-4(5(11)12)2-1-3-10-6(8)9/h4-7,12-13H,1-3,8-9,16-18H2,(H,19,20);6-9,15H,3-5,13-14H2,1-2H3;4H,1-3,7H2,(H,11,12)(H4,8,9,10)/t12-,13-;6-,7+,8-,9-;4-/m000/s1. The first-order chi connectivity index (χ1) is 25.3. The number of carbonyl (C=O) groups excluding carboxylic acids is 4. The first-order valence-corrected chi connectivity index (χ1v) is 17.3. The number of nitrogens with two attached hydrogens (primary N) is 7. The topological polar surface area (TPSA) is 401 Å². The fourth-order valence-electron chi connectivity index (χ4n) is 4.20. The van der Waals surface area contributed by atoms with Crippen molar-refractivity contribution in [3.63, 3.8) is 0 Å². The molecule has 2 rings (SSSR count). The van der Waals surface area contributed by atoms with Gasteiger partial charge in [-0.3, -0.25) is 19.8 Å². The summed E-state index contributed by atoms with van der Waals surface area (Å²) < 4.78 is 14.7. The lowest BCUT2D eigenvalue weighted by molar-refractivity contribution is -0.165. The molecule has 1 aliphatic rings. The van der Waals surface area contributed by atoms with Crippen molar-refractivity contribution in [2.24, 2.45) is 40.1 Å². The lowest BCUT2D eigenvalue weighted by atomic mass is 10.1. The van der Waals surface area contributed by atoms with E-state index in [4.69, 9.17) is 65.2 Å². The molecule has 7 atom stereocenters. The van der Waals surface area contributed by atoms with Crippen LogP contribution in [0.3, 0.4) is 0 Å². The van der Waals surface area contributed by atoms with E-state index in [1.807, 2.05) is 0 Å². The number of carboxylic acids is 2. The molecule has 0 radical (unpaired) electrons. The van der Waals surface area contributed by atoms with E-state index in [2.05, 4.69) is 15.4 Å². The van der Waals surface area contributed by atoms with Crippen LogP contribution in [0, 0.1) is 5.41 Å². The third-order valence-electron chi connectivity index (χ3n) is 7.51. The van der Waals surface area contributed by atoms with Crippen molar-refractivity contribution in [3.8, 4) is 5.75 Å². The summed E-state index contributed by atoms with van der Waals surface area (Å²) in [5.74, 6) is -4.60. The summed E-state index contributed by atoms with van der Waals surface area (Å²) in [6.07, 6.45) is 4.00. The number of hydrogen-bond donors (Lipinski definition) is 12. The Morgan fingerprint density at radius 1 is 0.870 bits per heavy atom. The fourth-order valence-corrected chi connectivity index (χ4v) is 4.20. The number of ether oxygens (including phenoxy) is 3. The summed E-state index contributed by atoms with van der Waals surface area (Å²) in [7, 11) is 0. The van der Waals surface area contributed by atoms with E-state index in [9.17, 15) is 28.8 Å². The Bertz CT molecular complexity index is 1340. The Kier molecular flexibility index (Phi) is 24.5. The Labute approximate surface area is 313 Å². The Hall–Kier alpha value is -4.77. The van der Waals surface area contributed by atoms with Crippen LogP contribution in [-0.2, 0) is 44.7 Å².